The van der Waals surface area contributed by atoms with Gasteiger partial charge in [-0.25, -0.2) is 4.98 Å². The molecule has 32 heavy (non-hydrogen) atoms. The number of ether oxygens (including phenoxy) is 2. The number of amides is 1. The summed E-state index contributed by atoms with van der Waals surface area (Å²) in [6.45, 7) is 3.90. The highest BCUT2D eigenvalue weighted by Crippen LogP contribution is 2.31. The number of para-hydroxylation sites is 1. The van der Waals surface area contributed by atoms with Crippen LogP contribution in [0, 0.1) is 6.92 Å². The Bertz CT molecular complexity index is 1300. The van der Waals surface area contributed by atoms with Crippen LogP contribution in [0.2, 0.25) is 0 Å². The van der Waals surface area contributed by atoms with E-state index in [1.807, 2.05) is 69.4 Å². The predicted molar refractivity (Wildman–Crippen MR) is 124 cm³/mol. The van der Waals surface area contributed by atoms with E-state index in [1.54, 1.807) is 25.1 Å². The molecule has 164 valence electrons. The number of rotatable bonds is 6. The fraction of sp³-hybridized carbons (Fsp3) is 0.240. The van der Waals surface area contributed by atoms with Gasteiger partial charge in [0.05, 0.1) is 43.2 Å². The lowest BCUT2D eigenvalue weighted by atomic mass is 10.0. The van der Waals surface area contributed by atoms with Crippen LogP contribution >= 0.6 is 0 Å². The van der Waals surface area contributed by atoms with Crippen LogP contribution in [0.3, 0.4) is 0 Å². The molecule has 0 aliphatic rings. The minimum absolute atomic E-state index is 0.191. The van der Waals surface area contributed by atoms with Crippen LogP contribution in [0.15, 0.2) is 54.7 Å². The first-order chi connectivity index (χ1) is 15.4. The van der Waals surface area contributed by atoms with Gasteiger partial charge in [0.1, 0.15) is 11.5 Å². The van der Waals surface area contributed by atoms with Gasteiger partial charge in [-0.05, 0) is 44.2 Å². The van der Waals surface area contributed by atoms with Crippen LogP contribution in [-0.4, -0.2) is 34.9 Å². The van der Waals surface area contributed by atoms with Crippen LogP contribution in [0.5, 0.6) is 11.5 Å². The van der Waals surface area contributed by atoms with Crippen molar-refractivity contribution in [3.05, 3.63) is 71.5 Å². The highest BCUT2D eigenvalue weighted by molar-refractivity contribution is 6.07. The number of methoxy groups -OCH3 is 2. The molecule has 0 saturated carbocycles. The largest absolute Gasteiger partial charge is 0.497 e. The Hall–Kier alpha value is -3.87. The Morgan fingerprint density at radius 1 is 1.09 bits per heavy atom. The monoisotopic (exact) mass is 430 g/mol. The van der Waals surface area contributed by atoms with Crippen molar-refractivity contribution in [3.63, 3.8) is 0 Å². The van der Waals surface area contributed by atoms with Crippen molar-refractivity contribution in [2.75, 3.05) is 14.2 Å². The summed E-state index contributed by atoms with van der Waals surface area (Å²) in [6.07, 6.45) is 1.78. The minimum atomic E-state index is -0.303. The summed E-state index contributed by atoms with van der Waals surface area (Å²) in [5.41, 5.74) is 4.74. The lowest BCUT2D eigenvalue weighted by Crippen LogP contribution is -2.27. The first kappa shape index (κ1) is 21.4. The van der Waals surface area contributed by atoms with Gasteiger partial charge in [0.15, 0.2) is 0 Å². The maximum atomic E-state index is 13.4. The summed E-state index contributed by atoms with van der Waals surface area (Å²) in [6, 6.07) is 14.7. The Morgan fingerprint density at radius 3 is 2.56 bits per heavy atom. The van der Waals surface area contributed by atoms with E-state index in [-0.39, 0.29) is 11.9 Å². The number of aryl methyl sites for hydroxylation is 1. The van der Waals surface area contributed by atoms with Gasteiger partial charge < -0.3 is 14.8 Å². The smallest absolute Gasteiger partial charge is 0.252 e. The third-order valence-electron chi connectivity index (χ3n) is 5.72. The summed E-state index contributed by atoms with van der Waals surface area (Å²) in [5, 5.41) is 8.22. The molecule has 7 nitrogen and oxygen atoms in total. The average Bonchev–Trinajstić information content (AvgIpc) is 3.15. The fourth-order valence-corrected chi connectivity index (χ4v) is 3.78. The number of pyridine rings is 1. The molecule has 2 aromatic carbocycles. The number of fused-ring (bicyclic) bond motifs is 1. The van der Waals surface area contributed by atoms with Crippen molar-refractivity contribution in [1.29, 1.82) is 0 Å². The quantitative estimate of drug-likeness (QED) is 0.489. The normalized spacial score (nSPS) is 11.9. The molecule has 0 aliphatic heterocycles. The summed E-state index contributed by atoms with van der Waals surface area (Å²) < 4.78 is 12.6. The topological polar surface area (TPSA) is 78.3 Å². The van der Waals surface area contributed by atoms with Crippen LogP contribution in [0.4, 0.5) is 0 Å². The molecular formula is C25H26N4O3. The zero-order valence-corrected chi connectivity index (χ0v) is 18.8. The van der Waals surface area contributed by atoms with Gasteiger partial charge in [-0.15, -0.1) is 0 Å². The van der Waals surface area contributed by atoms with Gasteiger partial charge in [0, 0.05) is 29.3 Å². The Labute approximate surface area is 187 Å². The number of benzene rings is 2. The molecule has 1 N–H and O–H groups in total. The number of carbonyl (C=O) groups excluding carboxylic acids is 1. The molecule has 2 aromatic heterocycles. The maximum Gasteiger partial charge on any atom is 0.252 e. The molecule has 4 aromatic rings. The molecule has 1 amide bonds. The molecule has 0 spiro atoms. The second-order valence-electron chi connectivity index (χ2n) is 7.64. The van der Waals surface area contributed by atoms with Gasteiger partial charge in [0.25, 0.3) is 5.91 Å². The summed E-state index contributed by atoms with van der Waals surface area (Å²) in [7, 11) is 5.11. The number of aromatic nitrogens is 3. The van der Waals surface area contributed by atoms with E-state index >= 15 is 0 Å². The summed E-state index contributed by atoms with van der Waals surface area (Å²) in [4.78, 5) is 18.2. The molecule has 2 heterocycles. The number of nitrogens with one attached hydrogen (secondary N) is 1. The maximum absolute atomic E-state index is 13.4. The Balaban J connectivity index is 1.74. The van der Waals surface area contributed by atoms with Crippen LogP contribution in [0.1, 0.15) is 34.6 Å². The molecule has 0 saturated heterocycles. The molecule has 0 bridgehead atoms. The zero-order chi connectivity index (χ0) is 22.8. The number of carbonyl (C=O) groups is 1. The highest BCUT2D eigenvalue weighted by Gasteiger charge is 2.20. The predicted octanol–water partition coefficient (Wildman–Crippen LogP) is 4.45. The van der Waals surface area contributed by atoms with Gasteiger partial charge in [0.2, 0.25) is 0 Å². The molecular weight excluding hydrogens is 404 g/mol. The third-order valence-corrected chi connectivity index (χ3v) is 5.72. The second-order valence-corrected chi connectivity index (χ2v) is 7.64. The van der Waals surface area contributed by atoms with E-state index in [0.29, 0.717) is 22.8 Å². The molecule has 4 rings (SSSR count). The highest BCUT2D eigenvalue weighted by atomic mass is 16.5. The summed E-state index contributed by atoms with van der Waals surface area (Å²) >= 11 is 0. The van der Waals surface area contributed by atoms with Gasteiger partial charge in [-0.1, -0.05) is 18.2 Å². The van der Waals surface area contributed by atoms with Crippen LogP contribution in [-0.2, 0) is 7.05 Å². The molecule has 7 heteroatoms. The lowest BCUT2D eigenvalue weighted by molar-refractivity contribution is 0.0941. The van der Waals surface area contributed by atoms with Crippen molar-refractivity contribution in [3.8, 4) is 22.8 Å². The number of hydrogen-bond donors (Lipinski definition) is 1. The van der Waals surface area contributed by atoms with Crippen molar-refractivity contribution >= 4 is 16.8 Å². The SMILES string of the molecule is COc1ccc(OC)c(C(C)NC(=O)c2cc(-c3cnn(C)c3C)nc3ccccc23)c1. The molecule has 0 aliphatic carbocycles. The fourth-order valence-electron chi connectivity index (χ4n) is 3.78. The Kier molecular flexibility index (Phi) is 5.81. The average molecular weight is 431 g/mol. The lowest BCUT2D eigenvalue weighted by Gasteiger charge is -2.19. The van der Waals surface area contributed by atoms with E-state index in [9.17, 15) is 4.79 Å². The van der Waals surface area contributed by atoms with Crippen molar-refractivity contribution in [2.45, 2.75) is 19.9 Å². The molecule has 1 atom stereocenters. The first-order valence-electron chi connectivity index (χ1n) is 10.3. The first-order valence-corrected chi connectivity index (χ1v) is 10.3. The molecule has 0 fully saturated rings. The molecule has 1 unspecified atom stereocenters. The van der Waals surface area contributed by atoms with E-state index in [4.69, 9.17) is 14.5 Å². The van der Waals surface area contributed by atoms with Crippen LogP contribution < -0.4 is 14.8 Å². The van der Waals surface area contributed by atoms with Crippen molar-refractivity contribution in [2.24, 2.45) is 7.05 Å². The second kappa shape index (κ2) is 8.70. The van der Waals surface area contributed by atoms with Crippen LogP contribution in [0.25, 0.3) is 22.2 Å². The third kappa shape index (κ3) is 3.89. The molecule has 0 radical (unpaired) electrons. The van der Waals surface area contributed by atoms with E-state index in [1.165, 1.54) is 0 Å². The van der Waals surface area contributed by atoms with E-state index < -0.39 is 0 Å². The number of nitrogens with zero attached hydrogens (tertiary/aromatic N) is 3. The van der Waals surface area contributed by atoms with E-state index in [0.717, 1.165) is 27.7 Å². The minimum Gasteiger partial charge on any atom is -0.497 e. The van der Waals surface area contributed by atoms with Gasteiger partial charge >= 0.3 is 0 Å². The van der Waals surface area contributed by atoms with Gasteiger partial charge in [-0.3, -0.25) is 9.48 Å². The standard InChI is InChI=1S/C25H26N4O3/c1-15(19-12-17(31-4)10-11-24(19)32-5)27-25(30)20-13-23(21-14-26-29(3)16(21)2)28-22-9-7-6-8-18(20)22/h6-15H,1-5H3,(H,27,30). The van der Waals surface area contributed by atoms with Crippen molar-refractivity contribution < 1.29 is 14.3 Å². The van der Waals surface area contributed by atoms with Crippen molar-refractivity contribution in [1.82, 2.24) is 20.1 Å². The summed E-state index contributed by atoms with van der Waals surface area (Å²) in [5.74, 6) is 1.19. The number of hydrogen-bond acceptors (Lipinski definition) is 5. The Morgan fingerprint density at radius 2 is 1.88 bits per heavy atom. The zero-order valence-electron chi connectivity index (χ0n) is 18.8. The van der Waals surface area contributed by atoms with Gasteiger partial charge in [-0.2, -0.15) is 5.10 Å². The van der Waals surface area contributed by atoms with E-state index in [2.05, 4.69) is 10.4 Å².